The van der Waals surface area contributed by atoms with Crippen molar-refractivity contribution in [3.05, 3.63) is 0 Å². The highest BCUT2D eigenvalue weighted by molar-refractivity contribution is 4.99. The van der Waals surface area contributed by atoms with Crippen molar-refractivity contribution in [2.75, 3.05) is 46.2 Å². The van der Waals surface area contributed by atoms with Crippen LogP contribution in [0.4, 0.5) is 0 Å². The summed E-state index contributed by atoms with van der Waals surface area (Å²) in [5, 5.41) is 203. The van der Waals surface area contributed by atoms with Crippen LogP contribution in [-0.2, 0) is 61.6 Å². The molecule has 7 heterocycles. The average molecular weight is 1070 g/mol. The Bertz CT molecular complexity index is 1680. The maximum atomic E-state index is 11.8. The highest BCUT2D eigenvalue weighted by Crippen LogP contribution is 2.36. The molecule has 7 aliphatic heterocycles. The summed E-state index contributed by atoms with van der Waals surface area (Å²) in [6, 6.07) is 0. The Morgan fingerprint density at radius 1 is 0.315 bits per heavy atom. The van der Waals surface area contributed by atoms with E-state index in [0.29, 0.717) is 0 Å². The first kappa shape index (κ1) is 59.4. The van der Waals surface area contributed by atoms with Crippen LogP contribution in [0.5, 0.6) is 0 Å². The Morgan fingerprint density at radius 2 is 0.616 bits per heavy atom. The van der Waals surface area contributed by atoms with Gasteiger partial charge in [0.2, 0.25) is 0 Å². The van der Waals surface area contributed by atoms with Crippen molar-refractivity contribution in [3.8, 4) is 0 Å². The third-order valence-electron chi connectivity index (χ3n) is 13.8. The fraction of sp³-hybridized carbons (Fsp3) is 1.00. The zero-order valence-corrected chi connectivity index (χ0v) is 38.9. The minimum atomic E-state index is -2.27. The zero-order chi connectivity index (χ0) is 53.3. The Hall–Kier alpha value is -1.28. The van der Waals surface area contributed by atoms with Gasteiger partial charge in [0.25, 0.3) is 0 Å². The predicted octanol–water partition coefficient (Wildman–Crippen LogP) is -12.9. The van der Waals surface area contributed by atoms with Crippen molar-refractivity contribution in [1.82, 2.24) is 0 Å². The highest BCUT2D eigenvalue weighted by Gasteiger charge is 2.56. The summed E-state index contributed by atoms with van der Waals surface area (Å²) in [5.74, 6) is 0. The molecule has 0 radical (unpaired) electrons. The van der Waals surface area contributed by atoms with E-state index in [4.69, 9.17) is 61.6 Å². The number of aliphatic hydroxyl groups is 19. The fourth-order valence-electron chi connectivity index (χ4n) is 9.29. The molecule has 32 heteroatoms. The molecule has 32 nitrogen and oxygen atoms in total. The molecule has 19 N–H and O–H groups in total. The van der Waals surface area contributed by atoms with Gasteiger partial charge in [0.1, 0.15) is 153 Å². The standard InChI is InChI=1S/C41H70O32/c1-2-13-21(49)24(52)33(14(3-42)67-13)71-40-31(59)25(53)35(17(69-40)9-66-38-29(57)20(48)12(45)6-63-38)73-41-32(60)26(54)34(16(70-41)8-65-37-28(56)19(47)11(44)5-62-37)72-39-30(58)23(51)22(50)15(68-39)7-64-36-27(55)18(46)10(43)4-61-36/h10-60H,2-9H2,1H3/t10-,11-,12-,13+,14+,15?,16+,17?,18?,19?,20?,21?,22-,23+,24?,25-,26?,27+,28?,29+,30?,31?,32?,33-,34-,35-,36-,37-,38-,39+,40+,41+/m1/s1. The second-order valence-electron chi connectivity index (χ2n) is 18.9. The van der Waals surface area contributed by atoms with Gasteiger partial charge in [-0.3, -0.25) is 0 Å². The van der Waals surface area contributed by atoms with Crippen LogP contribution in [0.15, 0.2) is 0 Å². The van der Waals surface area contributed by atoms with Gasteiger partial charge in [-0.1, -0.05) is 6.92 Å². The van der Waals surface area contributed by atoms with E-state index < -0.39 is 243 Å². The number of hydrogen-bond donors (Lipinski definition) is 19. The largest absolute Gasteiger partial charge is 0.394 e. The Balaban J connectivity index is 1.12. The van der Waals surface area contributed by atoms with E-state index in [1.54, 1.807) is 6.92 Å². The van der Waals surface area contributed by atoms with Crippen molar-refractivity contribution in [1.29, 1.82) is 0 Å². The van der Waals surface area contributed by atoms with E-state index in [1.807, 2.05) is 0 Å². The van der Waals surface area contributed by atoms with Gasteiger partial charge in [0, 0.05) is 0 Å². The van der Waals surface area contributed by atoms with Crippen molar-refractivity contribution >= 4 is 0 Å². The number of aliphatic hydroxyl groups excluding tert-OH is 19. The van der Waals surface area contributed by atoms with Crippen LogP contribution in [0, 0.1) is 0 Å². The molecule has 0 bridgehead atoms. The molecule has 0 aromatic heterocycles. The second-order valence-corrected chi connectivity index (χ2v) is 18.9. The van der Waals surface area contributed by atoms with Crippen molar-refractivity contribution in [2.45, 2.75) is 210 Å². The van der Waals surface area contributed by atoms with Crippen LogP contribution < -0.4 is 0 Å². The topological polar surface area (TPSA) is 504 Å². The molecule has 0 aliphatic carbocycles. The summed E-state index contributed by atoms with van der Waals surface area (Å²) < 4.78 is 73.7. The van der Waals surface area contributed by atoms with Gasteiger partial charge < -0.3 is 159 Å². The molecule has 7 rings (SSSR count). The van der Waals surface area contributed by atoms with Crippen molar-refractivity contribution < 1.29 is 159 Å². The van der Waals surface area contributed by atoms with E-state index in [2.05, 4.69) is 0 Å². The third-order valence-corrected chi connectivity index (χ3v) is 13.8. The molecule has 12 unspecified atom stereocenters. The van der Waals surface area contributed by atoms with Crippen LogP contribution >= 0.6 is 0 Å². The highest BCUT2D eigenvalue weighted by atomic mass is 16.8. The van der Waals surface area contributed by atoms with Gasteiger partial charge in [0.05, 0.1) is 52.4 Å². The molecule has 73 heavy (non-hydrogen) atoms. The summed E-state index contributed by atoms with van der Waals surface area (Å²) in [6.45, 7) is -3.04. The SMILES string of the molecule is CC[C@@H]1O[C@@H](CO)[C@@H](O[C@@H]2OC(CO[C@H]3OC[C@@H](O)C(O)[C@@H]3O)[C@@H](O[C@@H]3O[C@@H](CO[C@H]4OC[C@@H](O)C(O)C4O)[C@@H](O[C@@H]4OC(CO[C@H]5OC[C@@H](O)C(O)[C@@H]5O)[C@@H](O)[C@H](O)C4O)C(O)C3O)[C@H](O)C2O)C(O)C1O. The smallest absolute Gasteiger partial charge is 0.187 e. The quantitative estimate of drug-likeness (QED) is 0.0643. The molecule has 0 aromatic carbocycles. The zero-order valence-electron chi connectivity index (χ0n) is 38.9. The lowest BCUT2D eigenvalue weighted by atomic mass is 9.93. The molecule has 7 fully saturated rings. The summed E-state index contributed by atoms with van der Waals surface area (Å²) in [5.41, 5.74) is 0. The average Bonchev–Trinajstić information content (AvgIpc) is 3.37. The van der Waals surface area contributed by atoms with Crippen molar-refractivity contribution in [2.24, 2.45) is 0 Å². The molecule has 0 aromatic rings. The van der Waals surface area contributed by atoms with Crippen molar-refractivity contribution in [3.63, 3.8) is 0 Å². The predicted molar refractivity (Wildman–Crippen MR) is 222 cm³/mol. The van der Waals surface area contributed by atoms with Gasteiger partial charge in [0.15, 0.2) is 37.7 Å². The summed E-state index contributed by atoms with van der Waals surface area (Å²) in [4.78, 5) is 0. The van der Waals surface area contributed by atoms with Crippen LogP contribution in [0.25, 0.3) is 0 Å². The maximum absolute atomic E-state index is 11.8. The molecule has 7 aliphatic rings. The molecular weight excluding hydrogens is 1000 g/mol. The summed E-state index contributed by atoms with van der Waals surface area (Å²) in [7, 11) is 0. The van der Waals surface area contributed by atoms with Crippen LogP contribution in [0.2, 0.25) is 0 Å². The normalized spacial score (nSPS) is 53.3. The number of ether oxygens (including phenoxy) is 13. The number of hydrogen-bond acceptors (Lipinski definition) is 32. The first-order valence-corrected chi connectivity index (χ1v) is 23.7. The van der Waals surface area contributed by atoms with Gasteiger partial charge in [-0.2, -0.15) is 0 Å². The monoisotopic (exact) mass is 1070 g/mol. The Labute approximate surface area is 414 Å². The summed E-state index contributed by atoms with van der Waals surface area (Å²) in [6.07, 6.45) is -57.4. The van der Waals surface area contributed by atoms with E-state index >= 15 is 0 Å². The molecule has 32 atom stereocenters. The van der Waals surface area contributed by atoms with Gasteiger partial charge in [-0.05, 0) is 6.42 Å². The molecule has 0 saturated carbocycles. The van der Waals surface area contributed by atoms with E-state index in [1.165, 1.54) is 0 Å². The molecule has 0 amide bonds. The Morgan fingerprint density at radius 3 is 0.986 bits per heavy atom. The van der Waals surface area contributed by atoms with Crippen LogP contribution in [-0.4, -0.2) is 340 Å². The third kappa shape index (κ3) is 12.9. The lowest BCUT2D eigenvalue weighted by molar-refractivity contribution is -0.391. The molecular formula is C41H70O32. The van der Waals surface area contributed by atoms with E-state index in [0.717, 1.165) is 0 Å². The minimum absolute atomic E-state index is 0.207. The van der Waals surface area contributed by atoms with Crippen LogP contribution in [0.1, 0.15) is 13.3 Å². The molecule has 0 spiro atoms. The summed E-state index contributed by atoms with van der Waals surface area (Å²) >= 11 is 0. The molecule has 426 valence electrons. The molecule has 7 saturated heterocycles. The number of rotatable bonds is 17. The maximum Gasteiger partial charge on any atom is 0.187 e. The second kappa shape index (κ2) is 25.7. The van der Waals surface area contributed by atoms with Gasteiger partial charge in [-0.25, -0.2) is 0 Å². The van der Waals surface area contributed by atoms with E-state index in [-0.39, 0.29) is 6.42 Å². The lowest BCUT2D eigenvalue weighted by Crippen LogP contribution is -2.68. The Kier molecular flexibility index (Phi) is 20.9. The van der Waals surface area contributed by atoms with Gasteiger partial charge in [-0.15, -0.1) is 0 Å². The minimum Gasteiger partial charge on any atom is -0.394 e. The van der Waals surface area contributed by atoms with Crippen LogP contribution in [0.3, 0.4) is 0 Å². The lowest BCUT2D eigenvalue weighted by Gasteiger charge is -2.49. The first-order valence-electron chi connectivity index (χ1n) is 23.7. The van der Waals surface area contributed by atoms with E-state index in [9.17, 15) is 97.0 Å². The first-order chi connectivity index (χ1) is 34.6. The van der Waals surface area contributed by atoms with Gasteiger partial charge >= 0.3 is 0 Å². The fourth-order valence-corrected chi connectivity index (χ4v) is 9.29.